The number of hydrogen-bond acceptors (Lipinski definition) is 4. The summed E-state index contributed by atoms with van der Waals surface area (Å²) in [6, 6.07) is 1.55. The van der Waals surface area contributed by atoms with Crippen molar-refractivity contribution >= 4 is 6.09 Å². The van der Waals surface area contributed by atoms with Gasteiger partial charge in [-0.2, -0.15) is 0 Å². The van der Waals surface area contributed by atoms with Crippen LogP contribution in [-0.2, 0) is 6.42 Å². The van der Waals surface area contributed by atoms with Crippen molar-refractivity contribution in [1.29, 1.82) is 0 Å². The van der Waals surface area contributed by atoms with E-state index in [0.717, 1.165) is 17.8 Å². The number of H-pyrrole nitrogens is 1. The number of carbonyl (C=O) groups is 1. The molecule has 0 radical (unpaired) electrons. The predicted octanol–water partition coefficient (Wildman–Crippen LogP) is 2.76. The summed E-state index contributed by atoms with van der Waals surface area (Å²) in [7, 11) is 0. The minimum absolute atomic E-state index is 0.0654. The lowest BCUT2D eigenvalue weighted by molar-refractivity contribution is 0.108. The first-order chi connectivity index (χ1) is 9.66. The topological polar surface area (TPSA) is 71.4 Å². The molecule has 2 aromatic heterocycles. The zero-order chi connectivity index (χ0) is 14.1. The highest BCUT2D eigenvalue weighted by Gasteiger charge is 2.35. The number of rotatable bonds is 2. The number of furan rings is 1. The number of carbonyl (C=O) groups excluding carboxylic acids is 1. The number of ether oxygens (including phenoxy) is 1. The molecule has 3 heterocycles. The quantitative estimate of drug-likeness (QED) is 0.914. The number of nitrogens with one attached hydrogen (secondary N) is 1. The van der Waals surface area contributed by atoms with Gasteiger partial charge in [0.1, 0.15) is 6.26 Å². The highest BCUT2D eigenvalue weighted by atomic mass is 16.6. The van der Waals surface area contributed by atoms with Gasteiger partial charge in [-0.05, 0) is 5.92 Å². The molecule has 20 heavy (non-hydrogen) atoms. The fourth-order valence-electron chi connectivity index (χ4n) is 2.66. The number of hydrogen-bond donors (Lipinski definition) is 1. The smallest absolute Gasteiger partial charge is 0.415 e. The van der Waals surface area contributed by atoms with Crippen molar-refractivity contribution in [2.45, 2.75) is 26.3 Å². The molecule has 0 saturated heterocycles. The summed E-state index contributed by atoms with van der Waals surface area (Å²) < 4.78 is 10.2. The van der Waals surface area contributed by atoms with Gasteiger partial charge in [-0.15, -0.1) is 0 Å². The average Bonchev–Trinajstić information content (AvgIpc) is 3.06. The van der Waals surface area contributed by atoms with E-state index in [-0.39, 0.29) is 18.1 Å². The molecule has 0 fully saturated rings. The Balaban J connectivity index is 1.83. The van der Waals surface area contributed by atoms with Gasteiger partial charge in [0.2, 0.25) is 0 Å². The van der Waals surface area contributed by atoms with E-state index in [9.17, 15) is 4.79 Å². The molecule has 1 amide bonds. The first kappa shape index (κ1) is 12.8. The maximum Gasteiger partial charge on any atom is 0.415 e. The number of imidazole rings is 1. The Morgan fingerprint density at radius 1 is 1.60 bits per heavy atom. The van der Waals surface area contributed by atoms with Crippen LogP contribution in [0.5, 0.6) is 5.75 Å². The summed E-state index contributed by atoms with van der Waals surface area (Å²) in [4.78, 5) is 21.6. The fraction of sp³-hybridized carbons (Fsp3) is 0.429. The maximum atomic E-state index is 12.3. The van der Waals surface area contributed by atoms with E-state index >= 15 is 0 Å². The number of fused-ring (bicyclic) bond motifs is 1. The average molecular weight is 275 g/mol. The maximum absolute atomic E-state index is 12.3. The van der Waals surface area contributed by atoms with Gasteiger partial charge >= 0.3 is 6.09 Å². The zero-order valence-electron chi connectivity index (χ0n) is 11.5. The van der Waals surface area contributed by atoms with E-state index in [2.05, 4.69) is 23.8 Å². The molecule has 0 spiro atoms. The molecule has 0 aliphatic carbocycles. The Bertz CT molecular complexity index is 589. The van der Waals surface area contributed by atoms with E-state index in [1.807, 2.05) is 0 Å². The molecule has 1 aliphatic rings. The number of aromatic nitrogens is 2. The van der Waals surface area contributed by atoms with Crippen LogP contribution in [0.1, 0.15) is 31.3 Å². The van der Waals surface area contributed by atoms with Gasteiger partial charge < -0.3 is 14.1 Å². The number of nitrogens with zero attached hydrogens (tertiary/aromatic N) is 2. The highest BCUT2D eigenvalue weighted by Crippen LogP contribution is 2.33. The molecule has 0 bridgehead atoms. The lowest BCUT2D eigenvalue weighted by atomic mass is 9.94. The van der Waals surface area contributed by atoms with Gasteiger partial charge in [0, 0.05) is 24.7 Å². The molecule has 6 nitrogen and oxygen atoms in total. The van der Waals surface area contributed by atoms with E-state index in [4.69, 9.17) is 9.15 Å². The van der Waals surface area contributed by atoms with Crippen molar-refractivity contribution in [3.05, 3.63) is 36.3 Å². The van der Waals surface area contributed by atoms with Crippen molar-refractivity contribution in [1.82, 2.24) is 14.9 Å². The van der Waals surface area contributed by atoms with Crippen molar-refractivity contribution in [3.8, 4) is 5.75 Å². The van der Waals surface area contributed by atoms with Crippen molar-refractivity contribution in [2.75, 3.05) is 6.54 Å². The molecule has 106 valence electrons. The standard InChI is InChI=1S/C14H17N3O3/c1-9(2)13-12-11(15-8-16-12)3-5-17(13)14(18)20-10-4-6-19-7-10/h4,6-9,13H,3,5H2,1-2H3,(H,15,16). The molecule has 1 atom stereocenters. The van der Waals surface area contributed by atoms with Gasteiger partial charge in [0.25, 0.3) is 0 Å². The lowest BCUT2D eigenvalue weighted by Crippen LogP contribution is -2.43. The second-order valence-corrected chi connectivity index (χ2v) is 5.23. The van der Waals surface area contributed by atoms with Gasteiger partial charge in [-0.25, -0.2) is 9.78 Å². The SMILES string of the molecule is CC(C)C1c2nc[nH]c2CCN1C(=O)Oc1ccoc1. The Hall–Kier alpha value is -2.24. The van der Waals surface area contributed by atoms with Gasteiger partial charge in [0.15, 0.2) is 5.75 Å². The largest absolute Gasteiger partial charge is 0.469 e. The first-order valence-corrected chi connectivity index (χ1v) is 6.69. The lowest BCUT2D eigenvalue weighted by Gasteiger charge is -2.36. The third-order valence-corrected chi connectivity index (χ3v) is 3.54. The van der Waals surface area contributed by atoms with Crippen LogP contribution in [0, 0.1) is 5.92 Å². The summed E-state index contributed by atoms with van der Waals surface area (Å²) in [6.07, 6.45) is 4.97. The van der Waals surface area contributed by atoms with E-state index in [1.54, 1.807) is 17.3 Å². The van der Waals surface area contributed by atoms with Crippen LogP contribution in [0.2, 0.25) is 0 Å². The predicted molar refractivity (Wildman–Crippen MR) is 71.3 cm³/mol. The summed E-state index contributed by atoms with van der Waals surface area (Å²) in [6.45, 7) is 4.77. The van der Waals surface area contributed by atoms with Crippen LogP contribution < -0.4 is 4.74 Å². The van der Waals surface area contributed by atoms with Crippen molar-refractivity contribution < 1.29 is 13.9 Å². The second kappa shape index (κ2) is 5.03. The Morgan fingerprint density at radius 3 is 3.15 bits per heavy atom. The molecule has 3 rings (SSSR count). The van der Waals surface area contributed by atoms with Gasteiger partial charge in [-0.3, -0.25) is 4.90 Å². The van der Waals surface area contributed by atoms with E-state index < -0.39 is 0 Å². The molecule has 0 aromatic carbocycles. The molecule has 1 unspecified atom stereocenters. The number of aromatic amines is 1. The van der Waals surface area contributed by atoms with Crippen molar-refractivity contribution in [3.63, 3.8) is 0 Å². The van der Waals surface area contributed by atoms with Crippen LogP contribution in [-0.4, -0.2) is 27.5 Å². The monoisotopic (exact) mass is 275 g/mol. The Morgan fingerprint density at radius 2 is 2.45 bits per heavy atom. The fourth-order valence-corrected chi connectivity index (χ4v) is 2.66. The minimum Gasteiger partial charge on any atom is -0.469 e. The normalized spacial score (nSPS) is 18.1. The minimum atomic E-state index is -0.362. The molecule has 0 saturated carbocycles. The molecular formula is C14H17N3O3. The van der Waals surface area contributed by atoms with E-state index in [1.165, 1.54) is 12.5 Å². The Labute approximate surface area is 116 Å². The molecule has 6 heteroatoms. The molecule has 1 N–H and O–H groups in total. The van der Waals surface area contributed by atoms with Crippen LogP contribution in [0.3, 0.4) is 0 Å². The summed E-state index contributed by atoms with van der Waals surface area (Å²) >= 11 is 0. The van der Waals surface area contributed by atoms with Gasteiger partial charge in [-0.1, -0.05) is 13.8 Å². The molecular weight excluding hydrogens is 258 g/mol. The summed E-state index contributed by atoms with van der Waals surface area (Å²) in [5.41, 5.74) is 2.05. The van der Waals surface area contributed by atoms with Crippen LogP contribution in [0.4, 0.5) is 4.79 Å². The molecule has 2 aromatic rings. The third-order valence-electron chi connectivity index (χ3n) is 3.54. The van der Waals surface area contributed by atoms with Crippen LogP contribution in [0.15, 0.2) is 29.3 Å². The third kappa shape index (κ3) is 2.17. The molecule has 1 aliphatic heterocycles. The summed E-state index contributed by atoms with van der Waals surface area (Å²) in [5, 5.41) is 0. The highest BCUT2D eigenvalue weighted by molar-refractivity contribution is 5.71. The second-order valence-electron chi connectivity index (χ2n) is 5.23. The van der Waals surface area contributed by atoms with Crippen LogP contribution >= 0.6 is 0 Å². The first-order valence-electron chi connectivity index (χ1n) is 6.69. The zero-order valence-corrected chi connectivity index (χ0v) is 11.5. The van der Waals surface area contributed by atoms with Crippen molar-refractivity contribution in [2.24, 2.45) is 5.92 Å². The summed E-state index contributed by atoms with van der Waals surface area (Å²) in [5.74, 6) is 0.680. The van der Waals surface area contributed by atoms with E-state index in [0.29, 0.717) is 12.3 Å². The Kier molecular flexibility index (Phi) is 3.22. The van der Waals surface area contributed by atoms with Crippen LogP contribution in [0.25, 0.3) is 0 Å². The van der Waals surface area contributed by atoms with Gasteiger partial charge in [0.05, 0.1) is 24.3 Å². The number of amides is 1.